The number of hydrogen-bond donors (Lipinski definition) is 2. The lowest BCUT2D eigenvalue weighted by Gasteiger charge is -2.16. The Morgan fingerprint density at radius 3 is 2.48 bits per heavy atom. The van der Waals surface area contributed by atoms with Gasteiger partial charge in [-0.05, 0) is 49.2 Å². The first-order valence-corrected chi connectivity index (χ1v) is 6.82. The molecule has 2 aromatic rings. The molecule has 2 aromatic carbocycles. The molecule has 0 spiro atoms. The number of anilines is 1. The minimum absolute atomic E-state index is 0.0358. The molecule has 21 heavy (non-hydrogen) atoms. The predicted molar refractivity (Wildman–Crippen MR) is 82.3 cm³/mol. The van der Waals surface area contributed by atoms with E-state index in [0.29, 0.717) is 17.9 Å². The summed E-state index contributed by atoms with van der Waals surface area (Å²) in [6, 6.07) is 14.1. The van der Waals surface area contributed by atoms with Gasteiger partial charge in [0.2, 0.25) is 0 Å². The summed E-state index contributed by atoms with van der Waals surface area (Å²) in [5, 5.41) is 9.79. The normalized spacial score (nSPS) is 11.9. The second-order valence-electron chi connectivity index (χ2n) is 5.02. The Bertz CT molecular complexity index is 608. The van der Waals surface area contributed by atoms with E-state index >= 15 is 0 Å². The molecule has 0 bridgehead atoms. The topological polar surface area (TPSA) is 72.5 Å². The Balaban J connectivity index is 2.01. The van der Waals surface area contributed by atoms with E-state index in [4.69, 9.17) is 10.5 Å². The average Bonchev–Trinajstić information content (AvgIpc) is 2.46. The van der Waals surface area contributed by atoms with Gasteiger partial charge >= 0.3 is 0 Å². The molecule has 4 nitrogen and oxygen atoms in total. The number of benzene rings is 2. The van der Waals surface area contributed by atoms with Crippen LogP contribution < -0.4 is 10.5 Å². The number of para-hydroxylation sites is 1. The smallest absolute Gasteiger partial charge is 0.136 e. The third kappa shape index (κ3) is 4.24. The van der Waals surface area contributed by atoms with Crippen molar-refractivity contribution in [3.05, 3.63) is 54.1 Å². The molecule has 0 heterocycles. The molecule has 0 saturated carbocycles. The van der Waals surface area contributed by atoms with E-state index in [0.717, 1.165) is 5.56 Å². The molecule has 4 heteroatoms. The number of phenols is 1. The van der Waals surface area contributed by atoms with Crippen LogP contribution in [-0.2, 0) is 11.2 Å². The average molecular weight is 285 g/mol. The zero-order chi connectivity index (χ0) is 15.2. The number of ether oxygens (including phenoxy) is 1. The molecule has 0 aromatic heterocycles. The molecule has 0 fully saturated rings. The maximum Gasteiger partial charge on any atom is 0.136 e. The van der Waals surface area contributed by atoms with E-state index in [9.17, 15) is 9.90 Å². The summed E-state index contributed by atoms with van der Waals surface area (Å²) in [6.07, 6.45) is 0.455. The zero-order valence-electron chi connectivity index (χ0n) is 12.0. The molecule has 0 saturated heterocycles. The van der Waals surface area contributed by atoms with Gasteiger partial charge in [-0.1, -0.05) is 18.2 Å². The van der Waals surface area contributed by atoms with Crippen molar-refractivity contribution in [1.29, 1.82) is 0 Å². The second kappa shape index (κ2) is 6.79. The first-order valence-electron chi connectivity index (χ1n) is 6.82. The van der Waals surface area contributed by atoms with Gasteiger partial charge in [-0.15, -0.1) is 0 Å². The molecule has 1 unspecified atom stereocenters. The number of aromatic hydroxyl groups is 1. The second-order valence-corrected chi connectivity index (χ2v) is 5.02. The maximum atomic E-state index is 11.8. The highest BCUT2D eigenvalue weighted by Gasteiger charge is 2.17. The van der Waals surface area contributed by atoms with Crippen molar-refractivity contribution >= 4 is 11.5 Å². The SMILES string of the molecule is CC(=O)C(COc1ccc(N)cc1)Cc1ccccc1O. The fourth-order valence-electron chi connectivity index (χ4n) is 2.03. The first kappa shape index (κ1) is 14.9. The standard InChI is InChI=1S/C17H19NO3/c1-12(19)14(10-13-4-2-3-5-17(13)20)11-21-16-8-6-15(18)7-9-16/h2-9,14,20H,10-11,18H2,1H3. The van der Waals surface area contributed by atoms with Crippen molar-refractivity contribution in [2.45, 2.75) is 13.3 Å². The quantitative estimate of drug-likeness (QED) is 0.800. The molecule has 0 aliphatic rings. The number of Topliss-reactive ketones (excluding diaryl/α,β-unsaturated/α-hetero) is 1. The molecule has 0 aliphatic carbocycles. The Morgan fingerprint density at radius 2 is 1.86 bits per heavy atom. The van der Waals surface area contributed by atoms with Crippen molar-refractivity contribution in [3.8, 4) is 11.5 Å². The summed E-state index contributed by atoms with van der Waals surface area (Å²) < 4.78 is 5.64. The van der Waals surface area contributed by atoms with Crippen molar-refractivity contribution in [2.75, 3.05) is 12.3 Å². The fraction of sp³-hybridized carbons (Fsp3) is 0.235. The predicted octanol–water partition coefficient (Wildman–Crippen LogP) is 2.80. The number of nitrogens with two attached hydrogens (primary N) is 1. The minimum atomic E-state index is -0.296. The minimum Gasteiger partial charge on any atom is -0.508 e. The van der Waals surface area contributed by atoms with Crippen LogP contribution in [0, 0.1) is 5.92 Å². The van der Waals surface area contributed by atoms with Crippen LogP contribution in [0.2, 0.25) is 0 Å². The van der Waals surface area contributed by atoms with E-state index in [1.807, 2.05) is 12.1 Å². The Kier molecular flexibility index (Phi) is 4.82. The number of rotatable bonds is 6. The lowest BCUT2D eigenvalue weighted by Crippen LogP contribution is -2.22. The number of carbonyl (C=O) groups is 1. The van der Waals surface area contributed by atoms with Gasteiger partial charge in [0.05, 0.1) is 12.5 Å². The summed E-state index contributed by atoms with van der Waals surface area (Å²) >= 11 is 0. The molecule has 1 atom stereocenters. The number of phenolic OH excluding ortho intramolecular Hbond substituents is 1. The summed E-state index contributed by atoms with van der Waals surface area (Å²) in [6.45, 7) is 1.81. The van der Waals surface area contributed by atoms with Gasteiger partial charge in [0, 0.05) is 5.69 Å². The maximum absolute atomic E-state index is 11.8. The van der Waals surface area contributed by atoms with E-state index in [1.165, 1.54) is 6.92 Å². The molecule has 0 aliphatic heterocycles. The van der Waals surface area contributed by atoms with Crippen molar-refractivity contribution in [3.63, 3.8) is 0 Å². The number of carbonyl (C=O) groups excluding carboxylic acids is 1. The Morgan fingerprint density at radius 1 is 1.19 bits per heavy atom. The molecular weight excluding hydrogens is 266 g/mol. The van der Waals surface area contributed by atoms with Crippen LogP contribution in [0.15, 0.2) is 48.5 Å². The largest absolute Gasteiger partial charge is 0.508 e. The molecule has 110 valence electrons. The number of ketones is 1. The van der Waals surface area contributed by atoms with Crippen LogP contribution in [-0.4, -0.2) is 17.5 Å². The first-order chi connectivity index (χ1) is 10.1. The van der Waals surface area contributed by atoms with Crippen LogP contribution in [0.4, 0.5) is 5.69 Å². The summed E-state index contributed by atoms with van der Waals surface area (Å²) in [5.41, 5.74) is 7.03. The van der Waals surface area contributed by atoms with E-state index in [-0.39, 0.29) is 24.1 Å². The summed E-state index contributed by atoms with van der Waals surface area (Å²) in [5.74, 6) is 0.619. The Labute approximate surface area is 124 Å². The summed E-state index contributed by atoms with van der Waals surface area (Å²) in [7, 11) is 0. The summed E-state index contributed by atoms with van der Waals surface area (Å²) in [4.78, 5) is 11.8. The molecular formula is C17H19NO3. The van der Waals surface area contributed by atoms with Crippen LogP contribution in [0.25, 0.3) is 0 Å². The van der Waals surface area contributed by atoms with Gasteiger partial charge < -0.3 is 15.6 Å². The highest BCUT2D eigenvalue weighted by Crippen LogP contribution is 2.21. The van der Waals surface area contributed by atoms with Crippen molar-refractivity contribution in [2.24, 2.45) is 5.92 Å². The monoisotopic (exact) mass is 285 g/mol. The third-order valence-electron chi connectivity index (χ3n) is 3.36. The van der Waals surface area contributed by atoms with E-state index in [2.05, 4.69) is 0 Å². The molecule has 2 rings (SSSR count). The van der Waals surface area contributed by atoms with Gasteiger partial charge in [0.25, 0.3) is 0 Å². The van der Waals surface area contributed by atoms with Gasteiger partial charge in [0.15, 0.2) is 0 Å². The van der Waals surface area contributed by atoms with E-state index < -0.39 is 0 Å². The van der Waals surface area contributed by atoms with Gasteiger partial charge in [-0.3, -0.25) is 4.79 Å². The fourth-order valence-corrected chi connectivity index (χ4v) is 2.03. The van der Waals surface area contributed by atoms with Crippen LogP contribution in [0.3, 0.4) is 0 Å². The highest BCUT2D eigenvalue weighted by atomic mass is 16.5. The molecule has 0 radical (unpaired) electrons. The van der Waals surface area contributed by atoms with Gasteiger partial charge in [0.1, 0.15) is 17.3 Å². The highest BCUT2D eigenvalue weighted by molar-refractivity contribution is 5.78. The van der Waals surface area contributed by atoms with Crippen LogP contribution in [0.5, 0.6) is 11.5 Å². The van der Waals surface area contributed by atoms with Crippen molar-refractivity contribution < 1.29 is 14.6 Å². The lowest BCUT2D eigenvalue weighted by atomic mass is 9.96. The number of nitrogen functional groups attached to an aromatic ring is 1. The Hall–Kier alpha value is -2.49. The molecule has 0 amide bonds. The third-order valence-corrected chi connectivity index (χ3v) is 3.36. The van der Waals surface area contributed by atoms with Gasteiger partial charge in [-0.25, -0.2) is 0 Å². The van der Waals surface area contributed by atoms with Crippen LogP contribution >= 0.6 is 0 Å². The van der Waals surface area contributed by atoms with E-state index in [1.54, 1.807) is 36.4 Å². The van der Waals surface area contributed by atoms with Gasteiger partial charge in [-0.2, -0.15) is 0 Å². The molecule has 3 N–H and O–H groups in total. The zero-order valence-corrected chi connectivity index (χ0v) is 12.0. The number of hydrogen-bond acceptors (Lipinski definition) is 4. The van der Waals surface area contributed by atoms with Crippen molar-refractivity contribution in [1.82, 2.24) is 0 Å². The lowest BCUT2D eigenvalue weighted by molar-refractivity contribution is -0.121. The van der Waals surface area contributed by atoms with Crippen LogP contribution in [0.1, 0.15) is 12.5 Å².